The van der Waals surface area contributed by atoms with Crippen molar-refractivity contribution in [2.24, 2.45) is 5.10 Å². The highest BCUT2D eigenvalue weighted by molar-refractivity contribution is 8.22. The molecule has 1 rings (SSSR count). The summed E-state index contributed by atoms with van der Waals surface area (Å²) in [7, 11) is 0. The number of hydrazone groups is 1. The number of aromatic nitrogens is 2. The van der Waals surface area contributed by atoms with Crippen molar-refractivity contribution in [1.82, 2.24) is 15.4 Å². The SMILES string of the molecule is CSC(=S)NN=C(C)c1nccnc1C. The van der Waals surface area contributed by atoms with Crippen molar-refractivity contribution in [1.29, 1.82) is 0 Å². The minimum atomic E-state index is 0.635. The first-order valence-electron chi connectivity index (χ1n) is 4.31. The van der Waals surface area contributed by atoms with Gasteiger partial charge < -0.3 is 0 Å². The number of thioether (sulfide) groups is 1. The zero-order chi connectivity index (χ0) is 11.3. The number of rotatable bonds is 2. The molecule has 4 nitrogen and oxygen atoms in total. The van der Waals surface area contributed by atoms with E-state index in [1.54, 1.807) is 12.4 Å². The number of aryl methyl sites for hydroxylation is 1. The zero-order valence-electron chi connectivity index (χ0n) is 8.81. The van der Waals surface area contributed by atoms with Crippen LogP contribution in [-0.4, -0.2) is 26.3 Å². The van der Waals surface area contributed by atoms with Crippen molar-refractivity contribution in [3.63, 3.8) is 0 Å². The Labute approximate surface area is 98.6 Å². The Kier molecular flexibility index (Phi) is 4.64. The number of nitrogens with one attached hydrogen (secondary N) is 1. The van der Waals surface area contributed by atoms with Crippen molar-refractivity contribution in [3.05, 3.63) is 23.8 Å². The molecule has 0 aliphatic heterocycles. The average molecular weight is 240 g/mol. The number of thiocarbonyl (C=S) groups is 1. The third-order valence-corrected chi connectivity index (χ3v) is 2.78. The van der Waals surface area contributed by atoms with E-state index in [9.17, 15) is 0 Å². The summed E-state index contributed by atoms with van der Waals surface area (Å²) in [5, 5.41) is 4.13. The van der Waals surface area contributed by atoms with Crippen LogP contribution in [0.25, 0.3) is 0 Å². The molecule has 0 fully saturated rings. The summed E-state index contributed by atoms with van der Waals surface area (Å²) in [4.78, 5) is 8.34. The fourth-order valence-electron chi connectivity index (χ4n) is 0.991. The highest BCUT2D eigenvalue weighted by Crippen LogP contribution is 2.01. The first-order chi connectivity index (χ1) is 7.15. The van der Waals surface area contributed by atoms with Crippen LogP contribution < -0.4 is 5.43 Å². The largest absolute Gasteiger partial charge is 0.262 e. The molecule has 1 N–H and O–H groups in total. The van der Waals surface area contributed by atoms with Crippen LogP contribution in [0.4, 0.5) is 0 Å². The lowest BCUT2D eigenvalue weighted by Gasteiger charge is -2.03. The summed E-state index contributed by atoms with van der Waals surface area (Å²) in [6, 6.07) is 0. The van der Waals surface area contributed by atoms with Crippen molar-refractivity contribution in [2.45, 2.75) is 13.8 Å². The second kappa shape index (κ2) is 5.77. The van der Waals surface area contributed by atoms with Gasteiger partial charge in [0.2, 0.25) is 0 Å². The average Bonchev–Trinajstić information content (AvgIpc) is 2.26. The van der Waals surface area contributed by atoms with Crippen molar-refractivity contribution in [2.75, 3.05) is 6.26 Å². The summed E-state index contributed by atoms with van der Waals surface area (Å²) in [6.07, 6.45) is 5.20. The summed E-state index contributed by atoms with van der Waals surface area (Å²) in [6.45, 7) is 3.77. The summed E-state index contributed by atoms with van der Waals surface area (Å²) in [5.41, 5.74) is 5.19. The van der Waals surface area contributed by atoms with Crippen molar-refractivity contribution in [3.8, 4) is 0 Å². The molecule has 0 amide bonds. The maximum absolute atomic E-state index is 4.97. The van der Waals surface area contributed by atoms with Gasteiger partial charge in [-0.1, -0.05) is 24.0 Å². The Hall–Kier alpha value is -1.01. The van der Waals surface area contributed by atoms with Gasteiger partial charge in [0.1, 0.15) is 5.69 Å². The number of nitrogens with zero attached hydrogens (tertiary/aromatic N) is 3. The highest BCUT2D eigenvalue weighted by Gasteiger charge is 2.03. The normalized spacial score (nSPS) is 11.3. The first-order valence-corrected chi connectivity index (χ1v) is 5.94. The van der Waals surface area contributed by atoms with Gasteiger partial charge in [0, 0.05) is 12.4 Å². The standard InChI is InChI=1S/C9H12N4S2/c1-6-8(11-5-4-10-6)7(2)12-13-9(14)15-3/h4-5H,1-3H3,(H,13,14). The van der Waals surface area contributed by atoms with E-state index >= 15 is 0 Å². The van der Waals surface area contributed by atoms with Gasteiger partial charge >= 0.3 is 0 Å². The van der Waals surface area contributed by atoms with Crippen molar-refractivity contribution >= 4 is 34.0 Å². The minimum Gasteiger partial charge on any atom is -0.262 e. The monoisotopic (exact) mass is 240 g/mol. The fraction of sp³-hybridized carbons (Fsp3) is 0.333. The summed E-state index contributed by atoms with van der Waals surface area (Å²) in [5.74, 6) is 0. The van der Waals surface area contributed by atoms with Gasteiger partial charge in [0.15, 0.2) is 4.32 Å². The van der Waals surface area contributed by atoms with Gasteiger partial charge in [0.05, 0.1) is 11.4 Å². The summed E-state index contributed by atoms with van der Waals surface area (Å²) < 4.78 is 0.635. The van der Waals surface area contributed by atoms with E-state index in [0.29, 0.717) is 4.32 Å². The van der Waals surface area contributed by atoms with Gasteiger partial charge in [-0.15, -0.1) is 0 Å². The molecule has 0 saturated heterocycles. The van der Waals surface area contributed by atoms with Crippen LogP contribution in [0.15, 0.2) is 17.5 Å². The Morgan fingerprint density at radius 2 is 2.13 bits per heavy atom. The maximum atomic E-state index is 4.97. The van der Waals surface area contributed by atoms with Gasteiger partial charge in [0.25, 0.3) is 0 Å². The molecule has 1 aromatic heterocycles. The molecule has 0 saturated carbocycles. The molecule has 0 aliphatic carbocycles. The molecule has 0 aliphatic rings. The Morgan fingerprint density at radius 3 is 2.73 bits per heavy atom. The van der Waals surface area contributed by atoms with Crippen LogP contribution in [0, 0.1) is 6.92 Å². The quantitative estimate of drug-likeness (QED) is 0.485. The molecule has 0 atom stereocenters. The molecule has 0 radical (unpaired) electrons. The molecule has 6 heteroatoms. The third kappa shape index (κ3) is 3.56. The van der Waals surface area contributed by atoms with E-state index in [2.05, 4.69) is 20.5 Å². The molecular weight excluding hydrogens is 228 g/mol. The first kappa shape index (κ1) is 12.1. The van der Waals surface area contributed by atoms with Crippen molar-refractivity contribution < 1.29 is 0 Å². The summed E-state index contributed by atoms with van der Waals surface area (Å²) >= 11 is 6.41. The van der Waals surface area contributed by atoms with Crippen LogP contribution in [0.3, 0.4) is 0 Å². The predicted octanol–water partition coefficient (Wildman–Crippen LogP) is 1.75. The Morgan fingerprint density at radius 1 is 1.47 bits per heavy atom. The maximum Gasteiger partial charge on any atom is 0.153 e. The van der Waals surface area contributed by atoms with Crippen LogP contribution in [0.2, 0.25) is 0 Å². The zero-order valence-corrected chi connectivity index (χ0v) is 10.4. The predicted molar refractivity (Wildman–Crippen MR) is 68.2 cm³/mol. The molecule has 80 valence electrons. The minimum absolute atomic E-state index is 0.635. The van der Waals surface area contributed by atoms with Gasteiger partial charge in [-0.05, 0) is 20.1 Å². The van der Waals surface area contributed by atoms with E-state index < -0.39 is 0 Å². The lowest BCUT2D eigenvalue weighted by molar-refractivity contribution is 1.03. The van der Waals surface area contributed by atoms with Crippen LogP contribution in [0.1, 0.15) is 18.3 Å². The van der Waals surface area contributed by atoms with E-state index in [1.807, 2.05) is 20.1 Å². The van der Waals surface area contributed by atoms with E-state index in [1.165, 1.54) is 11.8 Å². The van der Waals surface area contributed by atoms with Gasteiger partial charge in [-0.2, -0.15) is 5.10 Å². The Balaban J connectivity index is 2.80. The molecular formula is C9H12N4S2. The molecule has 0 spiro atoms. The number of hydrogen-bond donors (Lipinski definition) is 1. The topological polar surface area (TPSA) is 50.2 Å². The van der Waals surface area contributed by atoms with E-state index in [0.717, 1.165) is 17.1 Å². The van der Waals surface area contributed by atoms with Crippen LogP contribution >= 0.6 is 24.0 Å². The number of hydrogen-bond acceptors (Lipinski definition) is 5. The molecule has 15 heavy (non-hydrogen) atoms. The molecule has 1 heterocycles. The molecule has 0 unspecified atom stereocenters. The van der Waals surface area contributed by atoms with E-state index in [-0.39, 0.29) is 0 Å². The fourth-order valence-corrected chi connectivity index (χ4v) is 1.17. The Bertz CT molecular complexity index is 389. The lowest BCUT2D eigenvalue weighted by Crippen LogP contribution is -2.14. The molecule has 0 bridgehead atoms. The lowest BCUT2D eigenvalue weighted by atomic mass is 10.2. The van der Waals surface area contributed by atoms with Crippen LogP contribution in [-0.2, 0) is 0 Å². The second-order valence-electron chi connectivity index (χ2n) is 2.79. The third-order valence-electron chi connectivity index (χ3n) is 1.72. The second-order valence-corrected chi connectivity index (χ2v) is 4.27. The van der Waals surface area contributed by atoms with Crippen LogP contribution in [0.5, 0.6) is 0 Å². The highest BCUT2D eigenvalue weighted by atomic mass is 32.2. The van der Waals surface area contributed by atoms with E-state index in [4.69, 9.17) is 12.2 Å². The molecule has 0 aromatic carbocycles. The van der Waals surface area contributed by atoms with Gasteiger partial charge in [-0.3, -0.25) is 15.4 Å². The molecule has 1 aromatic rings. The smallest absolute Gasteiger partial charge is 0.153 e. The van der Waals surface area contributed by atoms with Gasteiger partial charge in [-0.25, -0.2) is 0 Å².